The van der Waals surface area contributed by atoms with Gasteiger partial charge in [0.05, 0.1) is 26.4 Å². The number of esters is 4. The highest BCUT2D eigenvalue weighted by molar-refractivity contribution is 7.47. The Morgan fingerprint density at radius 1 is 0.297 bits per heavy atom. The van der Waals surface area contributed by atoms with E-state index in [-0.39, 0.29) is 25.7 Å². The van der Waals surface area contributed by atoms with E-state index in [1.807, 2.05) is 0 Å². The fourth-order valence-electron chi connectivity index (χ4n) is 10.9. The first-order valence-corrected chi connectivity index (χ1v) is 40.5. The molecular weight excluding hydrogens is 1200 g/mol. The molecule has 0 aromatic heterocycles. The molecule has 540 valence electrons. The summed E-state index contributed by atoms with van der Waals surface area (Å²) in [5.74, 6) is -0.575. The van der Waals surface area contributed by atoms with Crippen molar-refractivity contribution in [2.45, 2.75) is 387 Å². The lowest BCUT2D eigenvalue weighted by Crippen LogP contribution is -2.30. The Hall–Kier alpha value is -1.94. The van der Waals surface area contributed by atoms with E-state index < -0.39 is 97.5 Å². The Labute approximate surface area is 556 Å². The molecule has 3 N–H and O–H groups in total. The van der Waals surface area contributed by atoms with E-state index in [1.165, 1.54) is 186 Å². The van der Waals surface area contributed by atoms with Crippen LogP contribution < -0.4 is 0 Å². The Morgan fingerprint density at radius 3 is 0.747 bits per heavy atom. The maximum absolute atomic E-state index is 13.0. The van der Waals surface area contributed by atoms with Gasteiger partial charge in [-0.1, -0.05) is 318 Å². The van der Waals surface area contributed by atoms with Gasteiger partial charge in [0, 0.05) is 25.7 Å². The molecule has 19 heteroatoms. The number of phosphoric acid groups is 2. The normalized spacial score (nSPS) is 14.1. The Balaban J connectivity index is 5.22. The molecule has 0 heterocycles. The third kappa shape index (κ3) is 66.5. The highest BCUT2D eigenvalue weighted by Gasteiger charge is 2.30. The predicted octanol–water partition coefficient (Wildman–Crippen LogP) is 20.8. The molecule has 0 aliphatic heterocycles. The Morgan fingerprint density at radius 2 is 0.505 bits per heavy atom. The molecule has 5 atom stereocenters. The summed E-state index contributed by atoms with van der Waals surface area (Å²) in [4.78, 5) is 72.6. The number of hydrogen-bond acceptors (Lipinski definition) is 15. The standard InChI is InChI=1S/C72H140O17P2/c1-7-9-11-13-15-17-18-25-31-38-44-50-56-71(76)88-67(60-82-69(74)54-48-42-36-28-16-14-12-10-8-2)62-86-90(78,79)84-58-66(73)59-85-91(80,81)87-63-68(61-83-70(75)55-49-43-37-33-27-30-35-41-47-53-65(5)6)89-72(77)57-51-45-39-32-26-23-21-19-20-22-24-29-34-40-46-52-64(3)4/h64-68,73H,7-63H2,1-6H3,(H,78,79)(H,80,81)/t66-,67+,68+/m0/s1. The lowest BCUT2D eigenvalue weighted by molar-refractivity contribution is -0.161. The minimum absolute atomic E-state index is 0.107. The number of hydrogen-bond donors (Lipinski definition) is 3. The zero-order valence-corrected chi connectivity index (χ0v) is 60.9. The number of aliphatic hydroxyl groups excluding tert-OH is 1. The van der Waals surface area contributed by atoms with Crippen LogP contribution in [0.25, 0.3) is 0 Å². The van der Waals surface area contributed by atoms with Gasteiger partial charge < -0.3 is 33.8 Å². The van der Waals surface area contributed by atoms with E-state index in [0.717, 1.165) is 102 Å². The molecule has 0 amide bonds. The largest absolute Gasteiger partial charge is 0.472 e. The molecule has 0 fully saturated rings. The average Bonchev–Trinajstić information content (AvgIpc) is 2.52. The fourth-order valence-corrected chi connectivity index (χ4v) is 12.5. The molecule has 0 rings (SSSR count). The predicted molar refractivity (Wildman–Crippen MR) is 368 cm³/mol. The van der Waals surface area contributed by atoms with E-state index in [4.69, 9.17) is 37.0 Å². The SMILES string of the molecule is CCCCCCCCCCCCCCC(=O)O[C@H](COC(=O)CCCCCCCCCCC)COP(=O)(O)OC[C@H](O)COP(=O)(O)OC[C@@H](COC(=O)CCCCCCCCCCCC(C)C)OC(=O)CCCCCCCCCCCCCCCCCC(C)C. The highest BCUT2D eigenvalue weighted by Crippen LogP contribution is 2.45. The topological polar surface area (TPSA) is 237 Å². The molecule has 0 aliphatic carbocycles. The maximum atomic E-state index is 13.0. The van der Waals surface area contributed by atoms with E-state index in [1.54, 1.807) is 0 Å². The number of phosphoric ester groups is 2. The van der Waals surface area contributed by atoms with Crippen molar-refractivity contribution in [1.82, 2.24) is 0 Å². The summed E-state index contributed by atoms with van der Waals surface area (Å²) in [5, 5.41) is 10.6. The molecule has 0 saturated heterocycles. The van der Waals surface area contributed by atoms with Crippen LogP contribution in [-0.2, 0) is 65.4 Å². The smallest absolute Gasteiger partial charge is 0.462 e. The van der Waals surface area contributed by atoms with Gasteiger partial charge in [-0.25, -0.2) is 9.13 Å². The zero-order valence-electron chi connectivity index (χ0n) is 59.1. The van der Waals surface area contributed by atoms with E-state index in [9.17, 15) is 43.2 Å². The van der Waals surface area contributed by atoms with Gasteiger partial charge in [0.2, 0.25) is 0 Å². The molecule has 2 unspecified atom stereocenters. The summed E-state index contributed by atoms with van der Waals surface area (Å²) in [5.41, 5.74) is 0. The summed E-state index contributed by atoms with van der Waals surface area (Å²) >= 11 is 0. The third-order valence-corrected chi connectivity index (χ3v) is 18.6. The molecule has 0 saturated carbocycles. The molecule has 0 aromatic rings. The molecule has 91 heavy (non-hydrogen) atoms. The summed E-state index contributed by atoms with van der Waals surface area (Å²) in [6.07, 6.45) is 49.9. The van der Waals surface area contributed by atoms with Crippen LogP contribution in [0, 0.1) is 11.8 Å². The lowest BCUT2D eigenvalue weighted by atomic mass is 10.0. The number of carbonyl (C=O) groups excluding carboxylic acids is 4. The molecule has 0 aliphatic rings. The van der Waals surface area contributed by atoms with Gasteiger partial charge in [-0.05, 0) is 37.5 Å². The van der Waals surface area contributed by atoms with Gasteiger partial charge >= 0.3 is 39.5 Å². The number of carbonyl (C=O) groups is 4. The molecule has 0 radical (unpaired) electrons. The second-order valence-corrected chi connectivity index (χ2v) is 29.8. The third-order valence-electron chi connectivity index (χ3n) is 16.7. The second-order valence-electron chi connectivity index (χ2n) is 26.9. The van der Waals surface area contributed by atoms with Crippen molar-refractivity contribution in [3.63, 3.8) is 0 Å². The second kappa shape index (κ2) is 64.1. The van der Waals surface area contributed by atoms with Crippen LogP contribution in [0.1, 0.15) is 369 Å². The molecule has 0 spiro atoms. The quantitative estimate of drug-likeness (QED) is 0.0222. The number of ether oxygens (including phenoxy) is 4. The van der Waals surface area contributed by atoms with E-state index in [0.29, 0.717) is 25.7 Å². The minimum Gasteiger partial charge on any atom is -0.462 e. The van der Waals surface area contributed by atoms with Crippen LogP contribution in [0.15, 0.2) is 0 Å². The first kappa shape index (κ1) is 89.1. The van der Waals surface area contributed by atoms with Gasteiger partial charge in [-0.15, -0.1) is 0 Å². The van der Waals surface area contributed by atoms with Crippen molar-refractivity contribution < 1.29 is 80.2 Å². The number of rotatable bonds is 71. The highest BCUT2D eigenvalue weighted by atomic mass is 31.2. The van der Waals surface area contributed by atoms with Crippen molar-refractivity contribution in [2.75, 3.05) is 39.6 Å². The van der Waals surface area contributed by atoms with Crippen LogP contribution in [0.5, 0.6) is 0 Å². The Bertz CT molecular complexity index is 1770. The van der Waals surface area contributed by atoms with Crippen molar-refractivity contribution in [3.8, 4) is 0 Å². The van der Waals surface area contributed by atoms with Crippen molar-refractivity contribution in [2.24, 2.45) is 11.8 Å². The summed E-state index contributed by atoms with van der Waals surface area (Å²) in [7, 11) is -9.90. The van der Waals surface area contributed by atoms with Crippen molar-refractivity contribution in [3.05, 3.63) is 0 Å². The summed E-state index contributed by atoms with van der Waals surface area (Å²) in [6, 6.07) is 0. The molecule has 0 bridgehead atoms. The van der Waals surface area contributed by atoms with Gasteiger partial charge in [0.15, 0.2) is 12.2 Å². The molecule has 0 aromatic carbocycles. The fraction of sp³-hybridized carbons (Fsp3) is 0.944. The number of unbranched alkanes of at least 4 members (excludes halogenated alkanes) is 41. The summed E-state index contributed by atoms with van der Waals surface area (Å²) < 4.78 is 68.3. The van der Waals surface area contributed by atoms with Crippen LogP contribution in [0.3, 0.4) is 0 Å². The minimum atomic E-state index is -4.95. The van der Waals surface area contributed by atoms with Crippen molar-refractivity contribution >= 4 is 39.5 Å². The monoisotopic (exact) mass is 1340 g/mol. The van der Waals surface area contributed by atoms with Gasteiger partial charge in [0.25, 0.3) is 0 Å². The van der Waals surface area contributed by atoms with Crippen LogP contribution >= 0.6 is 15.6 Å². The number of aliphatic hydroxyl groups is 1. The van der Waals surface area contributed by atoms with Crippen LogP contribution in [-0.4, -0.2) is 96.7 Å². The lowest BCUT2D eigenvalue weighted by Gasteiger charge is -2.21. The summed E-state index contributed by atoms with van der Waals surface area (Å²) in [6.45, 7) is 9.56. The first-order valence-electron chi connectivity index (χ1n) is 37.5. The van der Waals surface area contributed by atoms with E-state index >= 15 is 0 Å². The van der Waals surface area contributed by atoms with Gasteiger partial charge in [-0.2, -0.15) is 0 Å². The maximum Gasteiger partial charge on any atom is 0.472 e. The van der Waals surface area contributed by atoms with Gasteiger partial charge in [0.1, 0.15) is 19.3 Å². The van der Waals surface area contributed by atoms with Crippen molar-refractivity contribution in [1.29, 1.82) is 0 Å². The first-order chi connectivity index (χ1) is 43.9. The Kier molecular flexibility index (Phi) is 62.7. The van der Waals surface area contributed by atoms with Gasteiger partial charge in [-0.3, -0.25) is 37.3 Å². The average molecular weight is 1340 g/mol. The molecular formula is C72H140O17P2. The van der Waals surface area contributed by atoms with Crippen LogP contribution in [0.4, 0.5) is 0 Å². The van der Waals surface area contributed by atoms with E-state index in [2.05, 4.69) is 41.5 Å². The zero-order chi connectivity index (χ0) is 67.2. The molecule has 17 nitrogen and oxygen atoms in total. The van der Waals surface area contributed by atoms with Crippen LogP contribution in [0.2, 0.25) is 0 Å².